The molecule has 110 valence electrons. The first-order valence-electron chi connectivity index (χ1n) is 7.75. The van der Waals surface area contributed by atoms with Gasteiger partial charge >= 0.3 is 0 Å². The van der Waals surface area contributed by atoms with E-state index in [2.05, 4.69) is 55.5 Å². The Morgan fingerprint density at radius 2 is 1.18 bits per heavy atom. The van der Waals surface area contributed by atoms with Crippen LogP contribution in [0.3, 0.4) is 0 Å². The number of rotatable bonds is 4. The minimum absolute atomic E-state index is 0.296. The summed E-state index contributed by atoms with van der Waals surface area (Å²) in [6, 6.07) is 24.6. The Labute approximate surface area is 131 Å². The van der Waals surface area contributed by atoms with Gasteiger partial charge in [-0.2, -0.15) is 0 Å². The molecule has 3 aromatic carbocycles. The summed E-state index contributed by atoms with van der Waals surface area (Å²) in [7, 11) is 0. The molecule has 0 atom stereocenters. The van der Waals surface area contributed by atoms with Gasteiger partial charge in [-0.15, -0.1) is 0 Å². The molecular formula is C21H20O. The monoisotopic (exact) mass is 288 g/mol. The summed E-state index contributed by atoms with van der Waals surface area (Å²) in [6.07, 6.45) is 2.29. The number of hydrogen-bond acceptors (Lipinski definition) is 1. The summed E-state index contributed by atoms with van der Waals surface area (Å²) in [6.45, 7) is 2.20. The van der Waals surface area contributed by atoms with Gasteiger partial charge in [0.2, 0.25) is 0 Å². The zero-order valence-electron chi connectivity index (χ0n) is 12.8. The molecule has 0 heterocycles. The Morgan fingerprint density at radius 1 is 0.682 bits per heavy atom. The standard InChI is InChI=1S/C21H20O/c1-2-5-16-8-10-17(11-9-16)20-6-3-4-7-21(20)18-12-14-19(22)15-13-18/h3-4,6-15,22H,2,5H2,1H3. The summed E-state index contributed by atoms with van der Waals surface area (Å²) in [5.74, 6) is 0.296. The van der Waals surface area contributed by atoms with Gasteiger partial charge in [0, 0.05) is 0 Å². The highest BCUT2D eigenvalue weighted by molar-refractivity contribution is 5.83. The van der Waals surface area contributed by atoms with Crippen LogP contribution in [0.25, 0.3) is 22.3 Å². The van der Waals surface area contributed by atoms with Crippen molar-refractivity contribution in [2.75, 3.05) is 0 Å². The Bertz CT molecular complexity index is 740. The molecule has 0 fully saturated rings. The van der Waals surface area contributed by atoms with Crippen molar-refractivity contribution in [3.05, 3.63) is 78.4 Å². The van der Waals surface area contributed by atoms with Crippen LogP contribution in [-0.4, -0.2) is 5.11 Å². The maximum atomic E-state index is 9.47. The number of phenolic OH excluding ortho intramolecular Hbond substituents is 1. The van der Waals surface area contributed by atoms with E-state index in [4.69, 9.17) is 0 Å². The molecule has 1 heteroatoms. The number of benzene rings is 3. The van der Waals surface area contributed by atoms with Gasteiger partial charge in [-0.25, -0.2) is 0 Å². The lowest BCUT2D eigenvalue weighted by molar-refractivity contribution is 0.475. The molecule has 0 unspecified atom stereocenters. The van der Waals surface area contributed by atoms with E-state index in [0.717, 1.165) is 12.0 Å². The minimum Gasteiger partial charge on any atom is -0.508 e. The molecule has 0 saturated carbocycles. The SMILES string of the molecule is CCCc1ccc(-c2ccccc2-c2ccc(O)cc2)cc1. The van der Waals surface area contributed by atoms with Crippen LogP contribution in [0.4, 0.5) is 0 Å². The van der Waals surface area contributed by atoms with E-state index in [1.807, 2.05) is 12.1 Å². The van der Waals surface area contributed by atoms with E-state index >= 15 is 0 Å². The summed E-state index contributed by atoms with van der Waals surface area (Å²) in [5.41, 5.74) is 6.13. The smallest absolute Gasteiger partial charge is 0.115 e. The van der Waals surface area contributed by atoms with Crippen molar-refractivity contribution in [1.29, 1.82) is 0 Å². The normalized spacial score (nSPS) is 10.6. The first-order chi connectivity index (χ1) is 10.8. The second-order valence-corrected chi connectivity index (χ2v) is 5.54. The minimum atomic E-state index is 0.296. The van der Waals surface area contributed by atoms with E-state index in [9.17, 15) is 5.11 Å². The number of aromatic hydroxyl groups is 1. The van der Waals surface area contributed by atoms with Gasteiger partial charge in [-0.3, -0.25) is 0 Å². The molecule has 3 rings (SSSR count). The summed E-state index contributed by atoms with van der Waals surface area (Å²) in [5, 5.41) is 9.47. The van der Waals surface area contributed by atoms with E-state index in [1.54, 1.807) is 12.1 Å². The maximum Gasteiger partial charge on any atom is 0.115 e. The highest BCUT2D eigenvalue weighted by Gasteiger charge is 2.07. The van der Waals surface area contributed by atoms with Crippen LogP contribution < -0.4 is 0 Å². The van der Waals surface area contributed by atoms with Gasteiger partial charge < -0.3 is 5.11 Å². The largest absolute Gasteiger partial charge is 0.508 e. The molecule has 0 amide bonds. The first-order valence-corrected chi connectivity index (χ1v) is 7.75. The molecule has 3 aromatic rings. The molecule has 0 saturated heterocycles. The number of hydrogen-bond donors (Lipinski definition) is 1. The Balaban J connectivity index is 2.02. The van der Waals surface area contributed by atoms with Crippen molar-refractivity contribution < 1.29 is 5.11 Å². The second-order valence-electron chi connectivity index (χ2n) is 5.54. The summed E-state index contributed by atoms with van der Waals surface area (Å²) >= 11 is 0. The maximum absolute atomic E-state index is 9.47. The van der Waals surface area contributed by atoms with Gasteiger partial charge in [0.1, 0.15) is 5.75 Å². The second kappa shape index (κ2) is 6.48. The highest BCUT2D eigenvalue weighted by Crippen LogP contribution is 2.32. The van der Waals surface area contributed by atoms with Gasteiger partial charge in [0.15, 0.2) is 0 Å². The van der Waals surface area contributed by atoms with Crippen molar-refractivity contribution in [2.24, 2.45) is 0 Å². The van der Waals surface area contributed by atoms with E-state index in [1.165, 1.54) is 28.7 Å². The van der Waals surface area contributed by atoms with Crippen LogP contribution in [0.15, 0.2) is 72.8 Å². The Hall–Kier alpha value is -2.54. The zero-order valence-corrected chi connectivity index (χ0v) is 12.8. The van der Waals surface area contributed by atoms with Crippen molar-refractivity contribution in [2.45, 2.75) is 19.8 Å². The summed E-state index contributed by atoms with van der Waals surface area (Å²) < 4.78 is 0. The molecule has 1 nitrogen and oxygen atoms in total. The first kappa shape index (κ1) is 14.4. The lowest BCUT2D eigenvalue weighted by Gasteiger charge is -2.11. The van der Waals surface area contributed by atoms with Crippen LogP contribution in [0, 0.1) is 0 Å². The molecule has 1 N–H and O–H groups in total. The molecule has 0 spiro atoms. The van der Waals surface area contributed by atoms with Crippen LogP contribution >= 0.6 is 0 Å². The van der Waals surface area contributed by atoms with Crippen molar-refractivity contribution in [3.63, 3.8) is 0 Å². The van der Waals surface area contributed by atoms with Crippen molar-refractivity contribution >= 4 is 0 Å². The average Bonchev–Trinajstić information content (AvgIpc) is 2.57. The molecule has 22 heavy (non-hydrogen) atoms. The number of aryl methyl sites for hydroxylation is 1. The fourth-order valence-corrected chi connectivity index (χ4v) is 2.77. The van der Waals surface area contributed by atoms with E-state index in [0.29, 0.717) is 5.75 Å². The molecular weight excluding hydrogens is 268 g/mol. The fourth-order valence-electron chi connectivity index (χ4n) is 2.77. The molecule has 0 aromatic heterocycles. The van der Waals surface area contributed by atoms with Gasteiger partial charge in [0.25, 0.3) is 0 Å². The molecule has 0 bridgehead atoms. The number of phenols is 1. The lowest BCUT2D eigenvalue weighted by atomic mass is 9.94. The third kappa shape index (κ3) is 3.04. The zero-order chi connectivity index (χ0) is 15.4. The molecule has 0 aliphatic carbocycles. The molecule has 0 radical (unpaired) electrons. The highest BCUT2D eigenvalue weighted by atomic mass is 16.3. The third-order valence-electron chi connectivity index (χ3n) is 3.91. The van der Waals surface area contributed by atoms with Crippen molar-refractivity contribution in [3.8, 4) is 28.0 Å². The molecule has 0 aliphatic heterocycles. The van der Waals surface area contributed by atoms with Crippen LogP contribution in [0.2, 0.25) is 0 Å². The van der Waals surface area contributed by atoms with E-state index in [-0.39, 0.29) is 0 Å². The van der Waals surface area contributed by atoms with Gasteiger partial charge in [-0.1, -0.05) is 74.0 Å². The summed E-state index contributed by atoms with van der Waals surface area (Å²) in [4.78, 5) is 0. The third-order valence-corrected chi connectivity index (χ3v) is 3.91. The van der Waals surface area contributed by atoms with E-state index < -0.39 is 0 Å². The Morgan fingerprint density at radius 3 is 1.68 bits per heavy atom. The van der Waals surface area contributed by atoms with Crippen LogP contribution in [0.5, 0.6) is 5.75 Å². The topological polar surface area (TPSA) is 20.2 Å². The van der Waals surface area contributed by atoms with Crippen LogP contribution in [0.1, 0.15) is 18.9 Å². The van der Waals surface area contributed by atoms with Crippen molar-refractivity contribution in [1.82, 2.24) is 0 Å². The molecule has 0 aliphatic rings. The fraction of sp³-hybridized carbons (Fsp3) is 0.143. The quantitative estimate of drug-likeness (QED) is 0.655. The average molecular weight is 288 g/mol. The lowest BCUT2D eigenvalue weighted by Crippen LogP contribution is -1.87. The Kier molecular flexibility index (Phi) is 4.24. The predicted molar refractivity (Wildman–Crippen MR) is 93.0 cm³/mol. The van der Waals surface area contributed by atoms with Gasteiger partial charge in [-0.05, 0) is 46.4 Å². The predicted octanol–water partition coefficient (Wildman–Crippen LogP) is 5.68. The van der Waals surface area contributed by atoms with Crippen LogP contribution in [-0.2, 0) is 6.42 Å². The van der Waals surface area contributed by atoms with Gasteiger partial charge in [0.05, 0.1) is 0 Å².